The van der Waals surface area contributed by atoms with Crippen molar-refractivity contribution in [3.8, 4) is 11.4 Å². The van der Waals surface area contributed by atoms with E-state index in [2.05, 4.69) is 49.9 Å². The van der Waals surface area contributed by atoms with Gasteiger partial charge < -0.3 is 9.80 Å². The third-order valence-corrected chi connectivity index (χ3v) is 5.24. The first-order chi connectivity index (χ1) is 12.9. The number of amides is 1. The largest absolute Gasteiger partial charge is 0.353 e. The molecule has 1 saturated heterocycles. The minimum atomic E-state index is 0.0530. The summed E-state index contributed by atoms with van der Waals surface area (Å²) in [6, 6.07) is 8.35. The monoisotopic (exact) mass is 366 g/mol. The lowest BCUT2D eigenvalue weighted by Crippen LogP contribution is -2.50. The van der Waals surface area contributed by atoms with E-state index < -0.39 is 0 Å². The molecule has 0 N–H and O–H groups in total. The molecule has 1 amide bonds. The van der Waals surface area contributed by atoms with Crippen LogP contribution in [0.1, 0.15) is 37.6 Å². The maximum atomic E-state index is 12.3. The maximum Gasteiger partial charge on any atom is 0.225 e. The summed E-state index contributed by atoms with van der Waals surface area (Å²) in [5.41, 5.74) is 4.52. The number of benzene rings is 1. The van der Waals surface area contributed by atoms with Crippen molar-refractivity contribution in [3.63, 3.8) is 0 Å². The van der Waals surface area contributed by atoms with E-state index in [1.807, 2.05) is 18.7 Å². The summed E-state index contributed by atoms with van der Waals surface area (Å²) in [6.07, 6.45) is 0.903. The Labute approximate surface area is 162 Å². The molecule has 5 nitrogen and oxygen atoms in total. The average molecular weight is 367 g/mol. The molecule has 5 heteroatoms. The second kappa shape index (κ2) is 8.07. The zero-order valence-corrected chi connectivity index (χ0v) is 17.1. The summed E-state index contributed by atoms with van der Waals surface area (Å²) in [6.45, 7) is 13.4. The normalized spacial score (nSPS) is 14.7. The Kier molecular flexibility index (Phi) is 5.78. The highest BCUT2D eigenvalue weighted by atomic mass is 16.2. The average Bonchev–Trinajstić information content (AvgIpc) is 2.67. The van der Waals surface area contributed by atoms with Gasteiger partial charge in [-0.15, -0.1) is 0 Å². The molecule has 0 atom stereocenters. The van der Waals surface area contributed by atoms with E-state index in [0.717, 1.165) is 55.5 Å². The van der Waals surface area contributed by atoms with E-state index in [1.54, 1.807) is 0 Å². The number of piperazine rings is 1. The van der Waals surface area contributed by atoms with E-state index in [4.69, 9.17) is 9.97 Å². The molecule has 1 aromatic heterocycles. The summed E-state index contributed by atoms with van der Waals surface area (Å²) < 4.78 is 0. The van der Waals surface area contributed by atoms with Crippen LogP contribution in [0.5, 0.6) is 0 Å². The number of carbonyl (C=O) groups is 1. The third kappa shape index (κ3) is 4.12. The number of hydrogen-bond acceptors (Lipinski definition) is 4. The van der Waals surface area contributed by atoms with Gasteiger partial charge in [0, 0.05) is 48.9 Å². The van der Waals surface area contributed by atoms with Gasteiger partial charge in [0.2, 0.25) is 5.91 Å². The van der Waals surface area contributed by atoms with Crippen LogP contribution in [0.3, 0.4) is 0 Å². The van der Waals surface area contributed by atoms with Crippen molar-refractivity contribution in [1.82, 2.24) is 14.9 Å². The standard InChI is InChI=1S/C22H30N4O/c1-6-19-17(5)23-20(18-9-7-16(4)8-10-18)24-21(19)25-11-13-26(14-12-25)22(27)15(2)3/h7-10,15H,6,11-14H2,1-5H3. The van der Waals surface area contributed by atoms with Crippen LogP contribution >= 0.6 is 0 Å². The number of aromatic nitrogens is 2. The van der Waals surface area contributed by atoms with Crippen LogP contribution < -0.4 is 4.90 Å². The summed E-state index contributed by atoms with van der Waals surface area (Å²) in [5.74, 6) is 2.10. The quantitative estimate of drug-likeness (QED) is 0.829. The predicted molar refractivity (Wildman–Crippen MR) is 110 cm³/mol. The molecule has 2 aromatic rings. The fourth-order valence-corrected chi connectivity index (χ4v) is 3.59. The summed E-state index contributed by atoms with van der Waals surface area (Å²) in [4.78, 5) is 26.3. The molecule has 0 saturated carbocycles. The van der Waals surface area contributed by atoms with Crippen LogP contribution in [0, 0.1) is 19.8 Å². The number of nitrogens with zero attached hydrogens (tertiary/aromatic N) is 4. The molecular formula is C22H30N4O. The molecular weight excluding hydrogens is 336 g/mol. The first-order valence-electron chi connectivity index (χ1n) is 9.89. The Morgan fingerprint density at radius 2 is 1.67 bits per heavy atom. The third-order valence-electron chi connectivity index (χ3n) is 5.24. The molecule has 0 unspecified atom stereocenters. The Morgan fingerprint density at radius 1 is 1.04 bits per heavy atom. The Hall–Kier alpha value is -2.43. The fraction of sp³-hybridized carbons (Fsp3) is 0.500. The van der Waals surface area contributed by atoms with E-state index in [1.165, 1.54) is 11.1 Å². The smallest absolute Gasteiger partial charge is 0.225 e. The minimum absolute atomic E-state index is 0.0530. The molecule has 1 aliphatic heterocycles. The highest BCUT2D eigenvalue weighted by Crippen LogP contribution is 2.27. The van der Waals surface area contributed by atoms with Gasteiger partial charge in [0.05, 0.1) is 0 Å². The van der Waals surface area contributed by atoms with Crippen LogP contribution in [0.25, 0.3) is 11.4 Å². The lowest BCUT2D eigenvalue weighted by Gasteiger charge is -2.37. The second-order valence-electron chi connectivity index (χ2n) is 7.62. The van der Waals surface area contributed by atoms with Gasteiger partial charge in [-0.25, -0.2) is 9.97 Å². The fourth-order valence-electron chi connectivity index (χ4n) is 3.59. The van der Waals surface area contributed by atoms with Crippen molar-refractivity contribution in [3.05, 3.63) is 41.1 Å². The number of carbonyl (C=O) groups excluding carboxylic acids is 1. The number of hydrogen-bond donors (Lipinski definition) is 0. The van der Waals surface area contributed by atoms with Crippen LogP contribution in [0.4, 0.5) is 5.82 Å². The van der Waals surface area contributed by atoms with E-state index in [9.17, 15) is 4.79 Å². The van der Waals surface area contributed by atoms with Crippen LogP contribution in [0.2, 0.25) is 0 Å². The van der Waals surface area contributed by atoms with Crippen molar-refractivity contribution >= 4 is 11.7 Å². The highest BCUT2D eigenvalue weighted by Gasteiger charge is 2.25. The molecule has 0 radical (unpaired) electrons. The van der Waals surface area contributed by atoms with E-state index in [0.29, 0.717) is 0 Å². The molecule has 27 heavy (non-hydrogen) atoms. The number of anilines is 1. The van der Waals surface area contributed by atoms with Crippen LogP contribution in [-0.2, 0) is 11.2 Å². The van der Waals surface area contributed by atoms with Gasteiger partial charge in [-0.2, -0.15) is 0 Å². The maximum absolute atomic E-state index is 12.3. The Balaban J connectivity index is 1.88. The van der Waals surface area contributed by atoms with Crippen LogP contribution in [-0.4, -0.2) is 47.0 Å². The zero-order chi connectivity index (χ0) is 19.6. The topological polar surface area (TPSA) is 49.3 Å². The van der Waals surface area contributed by atoms with Crippen molar-refractivity contribution < 1.29 is 4.79 Å². The molecule has 1 aromatic carbocycles. The first-order valence-corrected chi connectivity index (χ1v) is 9.89. The molecule has 2 heterocycles. The lowest BCUT2D eigenvalue weighted by molar-refractivity contribution is -0.134. The molecule has 1 aliphatic rings. The summed E-state index contributed by atoms with van der Waals surface area (Å²) >= 11 is 0. The number of aryl methyl sites for hydroxylation is 2. The highest BCUT2D eigenvalue weighted by molar-refractivity contribution is 5.78. The van der Waals surface area contributed by atoms with Crippen molar-refractivity contribution in [2.45, 2.75) is 41.0 Å². The van der Waals surface area contributed by atoms with Crippen molar-refractivity contribution in [2.75, 3.05) is 31.1 Å². The Bertz CT molecular complexity index is 806. The van der Waals surface area contributed by atoms with Gasteiger partial charge in [-0.1, -0.05) is 50.6 Å². The SMILES string of the molecule is CCc1c(C)nc(-c2ccc(C)cc2)nc1N1CCN(C(=O)C(C)C)CC1. The van der Waals surface area contributed by atoms with Gasteiger partial charge in [-0.05, 0) is 20.3 Å². The summed E-state index contributed by atoms with van der Waals surface area (Å²) in [5, 5.41) is 0. The first kappa shape index (κ1) is 19.3. The van der Waals surface area contributed by atoms with Gasteiger partial charge in [0.25, 0.3) is 0 Å². The second-order valence-corrected chi connectivity index (χ2v) is 7.62. The molecule has 144 valence electrons. The van der Waals surface area contributed by atoms with Crippen molar-refractivity contribution in [1.29, 1.82) is 0 Å². The Morgan fingerprint density at radius 3 is 2.22 bits per heavy atom. The van der Waals surface area contributed by atoms with Gasteiger partial charge in [0.1, 0.15) is 5.82 Å². The van der Waals surface area contributed by atoms with E-state index in [-0.39, 0.29) is 11.8 Å². The van der Waals surface area contributed by atoms with Gasteiger partial charge in [-0.3, -0.25) is 4.79 Å². The van der Waals surface area contributed by atoms with Crippen LogP contribution in [0.15, 0.2) is 24.3 Å². The predicted octanol–water partition coefficient (Wildman–Crippen LogP) is 3.63. The molecule has 0 aliphatic carbocycles. The molecule has 0 bridgehead atoms. The lowest BCUT2D eigenvalue weighted by atomic mass is 10.1. The van der Waals surface area contributed by atoms with Gasteiger partial charge >= 0.3 is 0 Å². The molecule has 1 fully saturated rings. The molecule has 3 rings (SSSR count). The van der Waals surface area contributed by atoms with E-state index >= 15 is 0 Å². The minimum Gasteiger partial charge on any atom is -0.353 e. The van der Waals surface area contributed by atoms with Gasteiger partial charge in [0.15, 0.2) is 5.82 Å². The van der Waals surface area contributed by atoms with Crippen molar-refractivity contribution in [2.24, 2.45) is 5.92 Å². The number of rotatable bonds is 4. The molecule has 0 spiro atoms. The summed E-state index contributed by atoms with van der Waals surface area (Å²) in [7, 11) is 0. The zero-order valence-electron chi connectivity index (χ0n) is 17.1.